The maximum atomic E-state index is 11.8. The SMILES string of the molecule is Cc1ccc(OCCCC(=O)c2ccccc2)cc1. The van der Waals surface area contributed by atoms with E-state index in [9.17, 15) is 4.79 Å². The predicted octanol–water partition coefficient (Wildman–Crippen LogP) is 4.04. The van der Waals surface area contributed by atoms with Gasteiger partial charge in [-0.25, -0.2) is 0 Å². The third kappa shape index (κ3) is 4.25. The lowest BCUT2D eigenvalue weighted by Crippen LogP contribution is -2.03. The highest BCUT2D eigenvalue weighted by Crippen LogP contribution is 2.12. The molecule has 0 atom stereocenters. The van der Waals surface area contributed by atoms with E-state index in [1.165, 1.54) is 5.56 Å². The van der Waals surface area contributed by atoms with E-state index in [4.69, 9.17) is 4.74 Å². The second-order valence-electron chi connectivity index (χ2n) is 4.55. The Hall–Kier alpha value is -2.09. The lowest BCUT2D eigenvalue weighted by atomic mass is 10.1. The quantitative estimate of drug-likeness (QED) is 0.574. The Bertz CT molecular complexity index is 515. The molecule has 2 heteroatoms. The Morgan fingerprint density at radius 2 is 1.68 bits per heavy atom. The van der Waals surface area contributed by atoms with Crippen LogP contribution in [0.1, 0.15) is 28.8 Å². The lowest BCUT2D eigenvalue weighted by Gasteiger charge is -2.06. The second kappa shape index (κ2) is 6.74. The van der Waals surface area contributed by atoms with Crippen LogP contribution in [0, 0.1) is 6.92 Å². The number of rotatable bonds is 6. The molecular weight excluding hydrogens is 236 g/mol. The first-order valence-corrected chi connectivity index (χ1v) is 6.53. The summed E-state index contributed by atoms with van der Waals surface area (Å²) in [5, 5.41) is 0. The van der Waals surface area contributed by atoms with Crippen molar-refractivity contribution in [2.75, 3.05) is 6.61 Å². The highest BCUT2D eigenvalue weighted by Gasteiger charge is 2.04. The summed E-state index contributed by atoms with van der Waals surface area (Å²) in [4.78, 5) is 11.8. The van der Waals surface area contributed by atoms with Gasteiger partial charge in [0.2, 0.25) is 0 Å². The zero-order valence-electron chi connectivity index (χ0n) is 11.1. The molecule has 0 unspecified atom stereocenters. The van der Waals surface area contributed by atoms with E-state index in [0.717, 1.165) is 17.7 Å². The van der Waals surface area contributed by atoms with Gasteiger partial charge in [0, 0.05) is 12.0 Å². The van der Waals surface area contributed by atoms with Gasteiger partial charge in [0.15, 0.2) is 5.78 Å². The zero-order chi connectivity index (χ0) is 13.5. The highest BCUT2D eigenvalue weighted by molar-refractivity contribution is 5.95. The van der Waals surface area contributed by atoms with Gasteiger partial charge in [0.05, 0.1) is 6.61 Å². The fourth-order valence-electron chi connectivity index (χ4n) is 1.83. The van der Waals surface area contributed by atoms with Gasteiger partial charge >= 0.3 is 0 Å². The van der Waals surface area contributed by atoms with Crippen molar-refractivity contribution in [1.82, 2.24) is 0 Å². The molecule has 0 saturated heterocycles. The van der Waals surface area contributed by atoms with Crippen LogP contribution in [0.4, 0.5) is 0 Å². The van der Waals surface area contributed by atoms with E-state index in [2.05, 4.69) is 0 Å². The van der Waals surface area contributed by atoms with Crippen LogP contribution in [0.25, 0.3) is 0 Å². The number of benzene rings is 2. The van der Waals surface area contributed by atoms with Crippen molar-refractivity contribution in [2.24, 2.45) is 0 Å². The van der Waals surface area contributed by atoms with Crippen LogP contribution in [0.2, 0.25) is 0 Å². The minimum atomic E-state index is 0.174. The Morgan fingerprint density at radius 1 is 1.00 bits per heavy atom. The molecule has 0 heterocycles. The van der Waals surface area contributed by atoms with E-state index >= 15 is 0 Å². The van der Waals surface area contributed by atoms with Gasteiger partial charge < -0.3 is 4.74 Å². The van der Waals surface area contributed by atoms with E-state index in [1.54, 1.807) is 0 Å². The maximum Gasteiger partial charge on any atom is 0.163 e. The van der Waals surface area contributed by atoms with Crippen LogP contribution < -0.4 is 4.74 Å². The minimum absolute atomic E-state index is 0.174. The number of ether oxygens (including phenoxy) is 1. The van der Waals surface area contributed by atoms with Crippen LogP contribution in [-0.4, -0.2) is 12.4 Å². The molecule has 98 valence electrons. The van der Waals surface area contributed by atoms with Crippen molar-refractivity contribution in [3.63, 3.8) is 0 Å². The molecule has 0 aliphatic rings. The Labute approximate surface area is 114 Å². The summed E-state index contributed by atoms with van der Waals surface area (Å²) in [6.45, 7) is 2.62. The van der Waals surface area contributed by atoms with Crippen molar-refractivity contribution < 1.29 is 9.53 Å². The molecule has 0 aromatic heterocycles. The van der Waals surface area contributed by atoms with Crippen LogP contribution in [0.3, 0.4) is 0 Å². The molecule has 2 nitrogen and oxygen atoms in total. The van der Waals surface area contributed by atoms with Crippen molar-refractivity contribution in [3.05, 3.63) is 65.7 Å². The number of carbonyl (C=O) groups is 1. The number of hydrogen-bond acceptors (Lipinski definition) is 2. The first-order valence-electron chi connectivity index (χ1n) is 6.53. The topological polar surface area (TPSA) is 26.3 Å². The molecule has 0 N–H and O–H groups in total. The smallest absolute Gasteiger partial charge is 0.163 e. The van der Waals surface area contributed by atoms with E-state index in [0.29, 0.717) is 13.0 Å². The van der Waals surface area contributed by atoms with Crippen molar-refractivity contribution >= 4 is 5.78 Å². The lowest BCUT2D eigenvalue weighted by molar-refractivity contribution is 0.0973. The van der Waals surface area contributed by atoms with Crippen molar-refractivity contribution in [1.29, 1.82) is 0 Å². The van der Waals surface area contributed by atoms with Crippen molar-refractivity contribution in [2.45, 2.75) is 19.8 Å². The van der Waals surface area contributed by atoms with E-state index in [-0.39, 0.29) is 5.78 Å². The summed E-state index contributed by atoms with van der Waals surface area (Å²) in [6.07, 6.45) is 1.26. The Balaban J connectivity index is 1.72. The largest absolute Gasteiger partial charge is 0.494 e. The van der Waals surface area contributed by atoms with Crippen LogP contribution in [-0.2, 0) is 0 Å². The molecule has 0 spiro atoms. The molecule has 0 amide bonds. The molecule has 0 aliphatic heterocycles. The van der Waals surface area contributed by atoms with Gasteiger partial charge in [-0.2, -0.15) is 0 Å². The van der Waals surface area contributed by atoms with Crippen LogP contribution in [0.15, 0.2) is 54.6 Å². The Kier molecular flexibility index (Phi) is 4.73. The normalized spacial score (nSPS) is 10.2. The zero-order valence-corrected chi connectivity index (χ0v) is 11.1. The minimum Gasteiger partial charge on any atom is -0.494 e. The molecule has 0 saturated carbocycles. The average Bonchev–Trinajstić information content (AvgIpc) is 2.46. The third-order valence-electron chi connectivity index (χ3n) is 2.93. The van der Waals surface area contributed by atoms with E-state index in [1.807, 2.05) is 61.5 Å². The van der Waals surface area contributed by atoms with Crippen LogP contribution in [0.5, 0.6) is 5.75 Å². The molecule has 0 fully saturated rings. The third-order valence-corrected chi connectivity index (χ3v) is 2.93. The van der Waals surface area contributed by atoms with Gasteiger partial charge in [0.1, 0.15) is 5.75 Å². The summed E-state index contributed by atoms with van der Waals surface area (Å²) in [7, 11) is 0. The standard InChI is InChI=1S/C17H18O2/c1-14-9-11-16(12-10-14)19-13-5-8-17(18)15-6-3-2-4-7-15/h2-4,6-7,9-12H,5,8,13H2,1H3. The second-order valence-corrected chi connectivity index (χ2v) is 4.55. The molecular formula is C17H18O2. The molecule has 0 radical (unpaired) electrons. The number of ketones is 1. The maximum absolute atomic E-state index is 11.8. The van der Waals surface area contributed by atoms with Crippen LogP contribution >= 0.6 is 0 Å². The average molecular weight is 254 g/mol. The van der Waals surface area contributed by atoms with Gasteiger partial charge in [0.25, 0.3) is 0 Å². The van der Waals surface area contributed by atoms with Gasteiger partial charge in [-0.05, 0) is 25.5 Å². The molecule has 2 aromatic rings. The first-order chi connectivity index (χ1) is 9.25. The Morgan fingerprint density at radius 3 is 2.37 bits per heavy atom. The summed E-state index contributed by atoms with van der Waals surface area (Å²) in [6, 6.07) is 17.3. The summed E-state index contributed by atoms with van der Waals surface area (Å²) in [5.74, 6) is 1.03. The number of hydrogen-bond donors (Lipinski definition) is 0. The molecule has 19 heavy (non-hydrogen) atoms. The fraction of sp³-hybridized carbons (Fsp3) is 0.235. The highest BCUT2D eigenvalue weighted by atomic mass is 16.5. The fourth-order valence-corrected chi connectivity index (χ4v) is 1.83. The van der Waals surface area contributed by atoms with E-state index < -0.39 is 0 Å². The number of carbonyl (C=O) groups excluding carboxylic acids is 1. The summed E-state index contributed by atoms with van der Waals surface area (Å²) >= 11 is 0. The molecule has 2 aromatic carbocycles. The number of aryl methyl sites for hydroxylation is 1. The molecule has 0 bridgehead atoms. The van der Waals surface area contributed by atoms with Gasteiger partial charge in [-0.3, -0.25) is 4.79 Å². The monoisotopic (exact) mass is 254 g/mol. The first kappa shape index (κ1) is 13.3. The van der Waals surface area contributed by atoms with Gasteiger partial charge in [-0.15, -0.1) is 0 Å². The molecule has 2 rings (SSSR count). The summed E-state index contributed by atoms with van der Waals surface area (Å²) < 4.78 is 5.60. The molecule has 0 aliphatic carbocycles. The number of Topliss-reactive ketones (excluding diaryl/α,β-unsaturated/α-hetero) is 1. The van der Waals surface area contributed by atoms with Crippen molar-refractivity contribution in [3.8, 4) is 5.75 Å². The summed E-state index contributed by atoms with van der Waals surface area (Å²) in [5.41, 5.74) is 1.99. The predicted molar refractivity (Wildman–Crippen MR) is 76.7 cm³/mol. The van der Waals surface area contributed by atoms with Gasteiger partial charge in [-0.1, -0.05) is 48.0 Å².